The molecule has 0 atom stereocenters. The SMILES string of the molecule is CCOc1ccc(NC(=O)C(C)(C)Oc2ccc(Br)cc2)cc1. The van der Waals surface area contributed by atoms with Crippen molar-refractivity contribution in [3.05, 3.63) is 53.0 Å². The number of amides is 1. The molecule has 0 unspecified atom stereocenters. The summed E-state index contributed by atoms with van der Waals surface area (Å²) in [4.78, 5) is 12.4. The molecule has 1 amide bonds. The quantitative estimate of drug-likeness (QED) is 0.797. The van der Waals surface area contributed by atoms with Gasteiger partial charge in [0.25, 0.3) is 5.91 Å². The summed E-state index contributed by atoms with van der Waals surface area (Å²) in [5.74, 6) is 1.19. The van der Waals surface area contributed by atoms with Gasteiger partial charge in [0.05, 0.1) is 6.61 Å². The molecule has 0 aromatic heterocycles. The predicted molar refractivity (Wildman–Crippen MR) is 95.1 cm³/mol. The lowest BCUT2D eigenvalue weighted by atomic mass is 10.1. The fourth-order valence-electron chi connectivity index (χ4n) is 1.93. The van der Waals surface area contributed by atoms with Crippen LogP contribution < -0.4 is 14.8 Å². The molecule has 0 heterocycles. The Kier molecular flexibility index (Phi) is 5.66. The molecule has 0 aliphatic heterocycles. The van der Waals surface area contributed by atoms with Crippen LogP contribution >= 0.6 is 15.9 Å². The van der Waals surface area contributed by atoms with E-state index in [-0.39, 0.29) is 5.91 Å². The third kappa shape index (κ3) is 4.99. The highest BCUT2D eigenvalue weighted by molar-refractivity contribution is 9.10. The molecular weight excluding hydrogens is 358 g/mol. The van der Waals surface area contributed by atoms with Crippen LogP contribution in [0.5, 0.6) is 11.5 Å². The van der Waals surface area contributed by atoms with E-state index in [1.165, 1.54) is 0 Å². The van der Waals surface area contributed by atoms with Gasteiger partial charge >= 0.3 is 0 Å². The Hall–Kier alpha value is -2.01. The van der Waals surface area contributed by atoms with Crippen molar-refractivity contribution in [3.63, 3.8) is 0 Å². The van der Waals surface area contributed by atoms with Crippen LogP contribution in [0.2, 0.25) is 0 Å². The van der Waals surface area contributed by atoms with Gasteiger partial charge < -0.3 is 14.8 Å². The number of hydrogen-bond acceptors (Lipinski definition) is 3. The maximum Gasteiger partial charge on any atom is 0.267 e. The summed E-state index contributed by atoms with van der Waals surface area (Å²) in [6.45, 7) is 6.01. The monoisotopic (exact) mass is 377 g/mol. The van der Waals surface area contributed by atoms with Crippen LogP contribution in [0.15, 0.2) is 53.0 Å². The van der Waals surface area contributed by atoms with Crippen LogP contribution in [0.3, 0.4) is 0 Å². The molecule has 2 aromatic rings. The number of anilines is 1. The number of nitrogens with one attached hydrogen (secondary N) is 1. The number of rotatable bonds is 6. The van der Waals surface area contributed by atoms with Crippen molar-refractivity contribution >= 4 is 27.5 Å². The molecule has 122 valence electrons. The van der Waals surface area contributed by atoms with Gasteiger partial charge in [0.15, 0.2) is 5.60 Å². The van der Waals surface area contributed by atoms with Gasteiger partial charge in [0.1, 0.15) is 11.5 Å². The molecule has 0 bridgehead atoms. The van der Waals surface area contributed by atoms with E-state index < -0.39 is 5.60 Å². The Labute approximate surface area is 144 Å². The molecule has 4 nitrogen and oxygen atoms in total. The lowest BCUT2D eigenvalue weighted by Gasteiger charge is -2.25. The summed E-state index contributed by atoms with van der Waals surface area (Å²) in [7, 11) is 0. The van der Waals surface area contributed by atoms with Crippen LogP contribution in [0, 0.1) is 0 Å². The zero-order chi connectivity index (χ0) is 16.9. The fourth-order valence-corrected chi connectivity index (χ4v) is 2.19. The molecule has 0 aliphatic rings. The van der Waals surface area contributed by atoms with E-state index in [0.29, 0.717) is 18.0 Å². The van der Waals surface area contributed by atoms with Gasteiger partial charge in [-0.2, -0.15) is 0 Å². The van der Waals surface area contributed by atoms with Crippen LogP contribution in [0.4, 0.5) is 5.69 Å². The Bertz CT molecular complexity index is 651. The van der Waals surface area contributed by atoms with Crippen molar-refractivity contribution in [3.8, 4) is 11.5 Å². The van der Waals surface area contributed by atoms with Gasteiger partial charge in [-0.1, -0.05) is 15.9 Å². The Morgan fingerprint density at radius 1 is 1.04 bits per heavy atom. The first-order chi connectivity index (χ1) is 10.9. The summed E-state index contributed by atoms with van der Waals surface area (Å²) in [6.07, 6.45) is 0. The van der Waals surface area contributed by atoms with Gasteiger partial charge in [0.2, 0.25) is 0 Å². The highest BCUT2D eigenvalue weighted by Gasteiger charge is 2.30. The summed E-state index contributed by atoms with van der Waals surface area (Å²) in [5, 5.41) is 2.85. The maximum atomic E-state index is 12.4. The summed E-state index contributed by atoms with van der Waals surface area (Å²) >= 11 is 3.37. The Morgan fingerprint density at radius 2 is 1.61 bits per heavy atom. The molecule has 2 aromatic carbocycles. The van der Waals surface area contributed by atoms with Crippen LogP contribution in [-0.4, -0.2) is 18.1 Å². The minimum absolute atomic E-state index is 0.218. The number of halogens is 1. The van der Waals surface area contributed by atoms with E-state index in [9.17, 15) is 4.79 Å². The second kappa shape index (κ2) is 7.51. The first-order valence-electron chi connectivity index (χ1n) is 7.39. The van der Waals surface area contributed by atoms with E-state index in [0.717, 1.165) is 10.2 Å². The molecule has 0 spiro atoms. The van der Waals surface area contributed by atoms with Gasteiger partial charge in [-0.15, -0.1) is 0 Å². The minimum Gasteiger partial charge on any atom is -0.494 e. The number of ether oxygens (including phenoxy) is 2. The Morgan fingerprint density at radius 3 is 2.17 bits per heavy atom. The summed E-state index contributed by atoms with van der Waals surface area (Å²) in [6, 6.07) is 14.6. The molecule has 0 saturated carbocycles. The highest BCUT2D eigenvalue weighted by Crippen LogP contribution is 2.23. The first-order valence-corrected chi connectivity index (χ1v) is 8.19. The van der Waals surface area contributed by atoms with E-state index in [2.05, 4.69) is 21.2 Å². The molecule has 23 heavy (non-hydrogen) atoms. The molecule has 0 saturated heterocycles. The van der Waals surface area contributed by atoms with Crippen molar-refractivity contribution in [2.45, 2.75) is 26.4 Å². The molecular formula is C18H20BrNO3. The number of carbonyl (C=O) groups is 1. The Balaban J connectivity index is 2.01. The first kappa shape index (κ1) is 17.3. The molecule has 1 N–H and O–H groups in total. The van der Waals surface area contributed by atoms with Crippen LogP contribution in [0.25, 0.3) is 0 Å². The number of carbonyl (C=O) groups excluding carboxylic acids is 1. The van der Waals surface area contributed by atoms with Crippen molar-refractivity contribution in [2.24, 2.45) is 0 Å². The van der Waals surface area contributed by atoms with Crippen LogP contribution in [-0.2, 0) is 4.79 Å². The molecule has 0 aliphatic carbocycles. The smallest absolute Gasteiger partial charge is 0.267 e. The summed E-state index contributed by atoms with van der Waals surface area (Å²) in [5.41, 5.74) is -0.294. The molecule has 0 radical (unpaired) electrons. The van der Waals surface area contributed by atoms with Crippen LogP contribution in [0.1, 0.15) is 20.8 Å². The third-order valence-corrected chi connectivity index (χ3v) is 3.69. The van der Waals surface area contributed by atoms with E-state index in [1.54, 1.807) is 26.0 Å². The van der Waals surface area contributed by atoms with Crippen molar-refractivity contribution in [2.75, 3.05) is 11.9 Å². The van der Waals surface area contributed by atoms with E-state index >= 15 is 0 Å². The normalized spacial score (nSPS) is 11.0. The zero-order valence-electron chi connectivity index (χ0n) is 13.4. The van der Waals surface area contributed by atoms with E-state index in [4.69, 9.17) is 9.47 Å². The van der Waals surface area contributed by atoms with Gasteiger partial charge in [-0.25, -0.2) is 0 Å². The van der Waals surface area contributed by atoms with Gasteiger partial charge in [-0.05, 0) is 69.3 Å². The third-order valence-electron chi connectivity index (χ3n) is 3.16. The van der Waals surface area contributed by atoms with Gasteiger partial charge in [-0.3, -0.25) is 4.79 Å². The number of hydrogen-bond donors (Lipinski definition) is 1. The standard InChI is InChI=1S/C18H20BrNO3/c1-4-22-15-11-7-14(8-12-15)20-17(21)18(2,3)23-16-9-5-13(19)6-10-16/h5-12H,4H2,1-3H3,(H,20,21). The zero-order valence-corrected chi connectivity index (χ0v) is 15.0. The van der Waals surface area contributed by atoms with Crippen molar-refractivity contribution in [1.29, 1.82) is 0 Å². The second-order valence-electron chi connectivity index (χ2n) is 5.48. The predicted octanol–water partition coefficient (Wildman–Crippen LogP) is 4.64. The second-order valence-corrected chi connectivity index (χ2v) is 6.39. The molecule has 2 rings (SSSR count). The lowest BCUT2D eigenvalue weighted by molar-refractivity contribution is -0.128. The average molecular weight is 378 g/mol. The van der Waals surface area contributed by atoms with Crippen molar-refractivity contribution < 1.29 is 14.3 Å². The fraction of sp³-hybridized carbons (Fsp3) is 0.278. The van der Waals surface area contributed by atoms with Crippen molar-refractivity contribution in [1.82, 2.24) is 0 Å². The lowest BCUT2D eigenvalue weighted by Crippen LogP contribution is -2.42. The largest absolute Gasteiger partial charge is 0.494 e. The minimum atomic E-state index is -0.994. The highest BCUT2D eigenvalue weighted by atomic mass is 79.9. The average Bonchev–Trinajstić information content (AvgIpc) is 2.51. The van der Waals surface area contributed by atoms with E-state index in [1.807, 2.05) is 43.3 Å². The van der Waals surface area contributed by atoms with Gasteiger partial charge in [0, 0.05) is 10.2 Å². The summed E-state index contributed by atoms with van der Waals surface area (Å²) < 4.78 is 12.1. The molecule has 0 fully saturated rings. The topological polar surface area (TPSA) is 47.6 Å². The maximum absolute atomic E-state index is 12.4. The molecule has 5 heteroatoms. The number of benzene rings is 2.